The Morgan fingerprint density at radius 2 is 1.80 bits per heavy atom. The average molecular weight is 276 g/mol. The van der Waals surface area contributed by atoms with Gasteiger partial charge in [-0.1, -0.05) is 0 Å². The lowest BCUT2D eigenvalue weighted by atomic mass is 10.1. The first-order valence-electron chi connectivity index (χ1n) is 5.81. The van der Waals surface area contributed by atoms with Crippen LogP contribution in [0.25, 0.3) is 0 Å². The van der Waals surface area contributed by atoms with E-state index in [0.717, 1.165) is 0 Å². The van der Waals surface area contributed by atoms with Crippen LogP contribution in [0, 0.1) is 19.3 Å². The number of nitrogens with one attached hydrogen (secondary N) is 1. The van der Waals surface area contributed by atoms with Crippen LogP contribution in [0.2, 0.25) is 0 Å². The van der Waals surface area contributed by atoms with Gasteiger partial charge in [-0.15, -0.1) is 0 Å². The molecule has 20 heavy (non-hydrogen) atoms. The number of carboxylic acids is 1. The molecule has 0 unspecified atom stereocenters. The standard InChI is InChI=1S/C14H16N2O4/c1-7-4-10(14(18)19)5-8(2)12(7)20-11(13(16)17)6-9(3)15/h4-6,15H,1-3H3,(H2,16,17)(H,18,19)/b11-6+,15-9?. The Morgan fingerprint density at radius 3 is 2.15 bits per heavy atom. The average Bonchev–Trinajstić information content (AvgIpc) is 2.30. The Kier molecular flexibility index (Phi) is 4.63. The third kappa shape index (κ3) is 3.68. The minimum absolute atomic E-state index is 0.122. The molecule has 106 valence electrons. The second-order valence-electron chi connectivity index (χ2n) is 4.40. The quantitative estimate of drug-likeness (QED) is 0.432. The van der Waals surface area contributed by atoms with Crippen molar-refractivity contribution in [3.05, 3.63) is 40.7 Å². The number of rotatable bonds is 5. The Hall–Kier alpha value is -2.63. The Bertz CT molecular complexity index is 595. The fraction of sp³-hybridized carbons (Fsp3) is 0.214. The number of aromatic carboxylic acids is 1. The fourth-order valence-electron chi connectivity index (χ4n) is 1.69. The zero-order chi connectivity index (χ0) is 15.4. The van der Waals surface area contributed by atoms with Crippen molar-refractivity contribution in [2.75, 3.05) is 0 Å². The van der Waals surface area contributed by atoms with Crippen LogP contribution in [0.3, 0.4) is 0 Å². The number of allylic oxidation sites excluding steroid dienone is 1. The van der Waals surface area contributed by atoms with Crippen LogP contribution in [-0.4, -0.2) is 22.7 Å². The predicted molar refractivity (Wildman–Crippen MR) is 74.2 cm³/mol. The van der Waals surface area contributed by atoms with Gasteiger partial charge in [-0.3, -0.25) is 4.79 Å². The van der Waals surface area contributed by atoms with Crippen LogP contribution < -0.4 is 10.5 Å². The van der Waals surface area contributed by atoms with E-state index in [4.69, 9.17) is 21.0 Å². The summed E-state index contributed by atoms with van der Waals surface area (Å²) >= 11 is 0. The summed E-state index contributed by atoms with van der Waals surface area (Å²) in [6, 6.07) is 2.89. The number of carbonyl (C=O) groups excluding carboxylic acids is 1. The van der Waals surface area contributed by atoms with Gasteiger partial charge in [-0.2, -0.15) is 0 Å². The molecule has 0 aromatic heterocycles. The van der Waals surface area contributed by atoms with Gasteiger partial charge in [-0.25, -0.2) is 4.79 Å². The Morgan fingerprint density at radius 1 is 1.30 bits per heavy atom. The highest BCUT2D eigenvalue weighted by Gasteiger charge is 2.15. The minimum Gasteiger partial charge on any atom is -0.478 e. The van der Waals surface area contributed by atoms with E-state index in [1.807, 2.05) is 0 Å². The van der Waals surface area contributed by atoms with Crippen molar-refractivity contribution in [3.63, 3.8) is 0 Å². The summed E-state index contributed by atoms with van der Waals surface area (Å²) in [7, 11) is 0. The zero-order valence-corrected chi connectivity index (χ0v) is 11.5. The molecule has 0 aliphatic heterocycles. The molecule has 6 nitrogen and oxygen atoms in total. The van der Waals surface area contributed by atoms with Crippen LogP contribution in [0.5, 0.6) is 5.75 Å². The molecule has 0 aliphatic carbocycles. The minimum atomic E-state index is -1.04. The molecule has 1 aromatic rings. The number of nitrogens with two attached hydrogens (primary N) is 1. The van der Waals surface area contributed by atoms with Gasteiger partial charge in [-0.05, 0) is 44.0 Å². The van der Waals surface area contributed by atoms with Crippen molar-refractivity contribution in [3.8, 4) is 5.75 Å². The molecule has 6 heteroatoms. The van der Waals surface area contributed by atoms with Crippen LogP contribution >= 0.6 is 0 Å². The lowest BCUT2D eigenvalue weighted by molar-refractivity contribution is -0.116. The first kappa shape index (κ1) is 15.4. The highest BCUT2D eigenvalue weighted by Crippen LogP contribution is 2.26. The summed E-state index contributed by atoms with van der Waals surface area (Å²) in [5, 5.41) is 16.3. The number of amides is 1. The number of hydrogen-bond acceptors (Lipinski definition) is 4. The predicted octanol–water partition coefficient (Wildman–Crippen LogP) is 1.79. The van der Waals surface area contributed by atoms with Crippen LogP contribution in [0.15, 0.2) is 24.0 Å². The van der Waals surface area contributed by atoms with E-state index in [0.29, 0.717) is 16.9 Å². The number of primary amides is 1. The second-order valence-corrected chi connectivity index (χ2v) is 4.40. The molecular weight excluding hydrogens is 260 g/mol. The van der Waals surface area contributed by atoms with Crippen molar-refractivity contribution in [2.45, 2.75) is 20.8 Å². The molecule has 0 bridgehead atoms. The maximum Gasteiger partial charge on any atom is 0.335 e. The molecule has 4 N–H and O–H groups in total. The number of carbonyl (C=O) groups is 2. The molecule has 1 aromatic carbocycles. The van der Waals surface area contributed by atoms with Gasteiger partial charge < -0.3 is 21.0 Å². The number of aryl methyl sites for hydroxylation is 2. The van der Waals surface area contributed by atoms with Gasteiger partial charge in [0.15, 0.2) is 5.76 Å². The number of carboxylic acid groups (broad SMARTS) is 1. The van der Waals surface area contributed by atoms with Gasteiger partial charge in [0.25, 0.3) is 5.91 Å². The van der Waals surface area contributed by atoms with Gasteiger partial charge in [0.05, 0.1) is 5.56 Å². The van der Waals surface area contributed by atoms with Gasteiger partial charge in [0.1, 0.15) is 5.75 Å². The van der Waals surface area contributed by atoms with E-state index in [1.54, 1.807) is 13.8 Å². The van der Waals surface area contributed by atoms with Crippen molar-refractivity contribution < 1.29 is 19.4 Å². The largest absolute Gasteiger partial charge is 0.478 e. The molecule has 0 spiro atoms. The van der Waals surface area contributed by atoms with Crippen molar-refractivity contribution in [1.29, 1.82) is 5.41 Å². The fourth-order valence-corrected chi connectivity index (χ4v) is 1.69. The summed E-state index contributed by atoms with van der Waals surface area (Å²) < 4.78 is 5.44. The molecule has 0 saturated heterocycles. The van der Waals surface area contributed by atoms with E-state index < -0.39 is 11.9 Å². The lowest BCUT2D eigenvalue weighted by Crippen LogP contribution is -2.19. The normalized spacial score (nSPS) is 11.1. The smallest absolute Gasteiger partial charge is 0.335 e. The highest BCUT2D eigenvalue weighted by atomic mass is 16.5. The molecule has 1 amide bonds. The third-order valence-corrected chi connectivity index (χ3v) is 2.51. The van der Waals surface area contributed by atoms with Gasteiger partial charge in [0, 0.05) is 11.8 Å². The molecule has 0 atom stereocenters. The van der Waals surface area contributed by atoms with Gasteiger partial charge in [0.2, 0.25) is 0 Å². The monoisotopic (exact) mass is 276 g/mol. The second kappa shape index (κ2) is 6.01. The van der Waals surface area contributed by atoms with Gasteiger partial charge >= 0.3 is 5.97 Å². The van der Waals surface area contributed by atoms with E-state index >= 15 is 0 Å². The third-order valence-electron chi connectivity index (χ3n) is 2.51. The number of benzene rings is 1. The summed E-state index contributed by atoms with van der Waals surface area (Å²) in [5.41, 5.74) is 6.58. The topological polar surface area (TPSA) is 113 Å². The summed E-state index contributed by atoms with van der Waals surface area (Å²) in [5.74, 6) is -1.63. The summed E-state index contributed by atoms with van der Waals surface area (Å²) in [6.07, 6.45) is 1.21. The van der Waals surface area contributed by atoms with E-state index in [1.165, 1.54) is 25.1 Å². The van der Waals surface area contributed by atoms with Crippen molar-refractivity contribution in [1.82, 2.24) is 0 Å². The van der Waals surface area contributed by atoms with E-state index in [-0.39, 0.29) is 17.0 Å². The molecular formula is C14H16N2O4. The van der Waals surface area contributed by atoms with Crippen LogP contribution in [0.4, 0.5) is 0 Å². The number of ether oxygens (including phenoxy) is 1. The first-order valence-corrected chi connectivity index (χ1v) is 5.81. The molecule has 0 fully saturated rings. The lowest BCUT2D eigenvalue weighted by Gasteiger charge is -2.13. The first-order chi connectivity index (χ1) is 9.22. The molecule has 0 radical (unpaired) electrons. The SMILES string of the molecule is CC(=N)/C=C(/Oc1c(C)cc(C(=O)O)cc1C)C(N)=O. The number of hydrogen-bond donors (Lipinski definition) is 3. The summed E-state index contributed by atoms with van der Waals surface area (Å²) in [6.45, 7) is 4.83. The van der Waals surface area contributed by atoms with Crippen LogP contribution in [-0.2, 0) is 4.79 Å². The van der Waals surface area contributed by atoms with Crippen LogP contribution in [0.1, 0.15) is 28.4 Å². The van der Waals surface area contributed by atoms with Crippen molar-refractivity contribution in [2.24, 2.45) is 5.73 Å². The maximum absolute atomic E-state index is 11.3. The zero-order valence-electron chi connectivity index (χ0n) is 11.5. The molecule has 0 aliphatic rings. The van der Waals surface area contributed by atoms with Crippen molar-refractivity contribution >= 4 is 17.6 Å². The van der Waals surface area contributed by atoms with E-state index in [2.05, 4.69) is 0 Å². The Balaban J connectivity index is 3.24. The molecule has 0 heterocycles. The maximum atomic E-state index is 11.3. The highest BCUT2D eigenvalue weighted by molar-refractivity contribution is 6.00. The molecule has 1 rings (SSSR count). The van der Waals surface area contributed by atoms with E-state index in [9.17, 15) is 9.59 Å². The summed E-state index contributed by atoms with van der Waals surface area (Å²) in [4.78, 5) is 22.2. The Labute approximate surface area is 116 Å². The molecule has 0 saturated carbocycles.